The Bertz CT molecular complexity index is 373. The van der Waals surface area contributed by atoms with Crippen LogP contribution in [0.2, 0.25) is 0 Å². The average Bonchev–Trinajstić information content (AvgIpc) is 2.21. The summed E-state index contributed by atoms with van der Waals surface area (Å²) in [5.74, 6) is 0. The summed E-state index contributed by atoms with van der Waals surface area (Å²) in [5, 5.41) is 4.31. The van der Waals surface area contributed by atoms with Gasteiger partial charge in [0.1, 0.15) is 0 Å². The zero-order valence-electron chi connectivity index (χ0n) is 8.33. The lowest BCUT2D eigenvalue weighted by Crippen LogP contribution is -2.25. The van der Waals surface area contributed by atoms with Crippen molar-refractivity contribution in [3.05, 3.63) is 34.3 Å². The second-order valence-corrected chi connectivity index (χ2v) is 4.25. The molecule has 3 nitrogen and oxygen atoms in total. The molecule has 0 radical (unpaired) electrons. The largest absolute Gasteiger partial charge is 0.375 e. The van der Waals surface area contributed by atoms with E-state index >= 15 is 0 Å². The summed E-state index contributed by atoms with van der Waals surface area (Å²) in [6.07, 6.45) is 0.817. The lowest BCUT2D eigenvalue weighted by molar-refractivity contribution is 1.01. The van der Waals surface area contributed by atoms with Gasteiger partial charge in [-0.05, 0) is 36.3 Å². The molecule has 1 aromatic rings. The van der Waals surface area contributed by atoms with Crippen LogP contribution in [0.25, 0.3) is 0 Å². The van der Waals surface area contributed by atoms with E-state index in [4.69, 9.17) is 5.73 Å². The SMILES string of the molecule is CC/C(=N/NC(N)=S)c1ccc(Br)cc1. The number of halogens is 1. The van der Waals surface area contributed by atoms with Gasteiger partial charge in [0, 0.05) is 4.47 Å². The molecule has 0 unspecified atom stereocenters. The van der Waals surface area contributed by atoms with Gasteiger partial charge in [-0.25, -0.2) is 0 Å². The quantitative estimate of drug-likeness (QED) is 0.509. The highest BCUT2D eigenvalue weighted by Gasteiger charge is 2.00. The molecule has 0 fully saturated rings. The van der Waals surface area contributed by atoms with Gasteiger partial charge in [0.25, 0.3) is 0 Å². The molecule has 1 aromatic carbocycles. The molecular weight excluding hydrogens is 274 g/mol. The maximum absolute atomic E-state index is 5.30. The van der Waals surface area contributed by atoms with Gasteiger partial charge in [-0.3, -0.25) is 5.43 Å². The van der Waals surface area contributed by atoms with Crippen molar-refractivity contribution >= 4 is 39.0 Å². The number of nitrogens with one attached hydrogen (secondary N) is 1. The second-order valence-electron chi connectivity index (χ2n) is 2.89. The van der Waals surface area contributed by atoms with E-state index in [0.29, 0.717) is 0 Å². The van der Waals surface area contributed by atoms with Crippen LogP contribution in [-0.4, -0.2) is 10.8 Å². The van der Waals surface area contributed by atoms with E-state index < -0.39 is 0 Å². The van der Waals surface area contributed by atoms with Crippen LogP contribution in [0, 0.1) is 0 Å². The molecule has 0 aromatic heterocycles. The van der Waals surface area contributed by atoms with E-state index in [1.165, 1.54) is 0 Å². The monoisotopic (exact) mass is 285 g/mol. The fourth-order valence-electron chi connectivity index (χ4n) is 1.11. The van der Waals surface area contributed by atoms with E-state index in [9.17, 15) is 0 Å². The highest BCUT2D eigenvalue weighted by Crippen LogP contribution is 2.12. The molecule has 5 heteroatoms. The topological polar surface area (TPSA) is 50.4 Å². The summed E-state index contributed by atoms with van der Waals surface area (Å²) >= 11 is 8.07. The molecule has 15 heavy (non-hydrogen) atoms. The molecule has 80 valence electrons. The van der Waals surface area contributed by atoms with E-state index in [-0.39, 0.29) is 5.11 Å². The van der Waals surface area contributed by atoms with Gasteiger partial charge >= 0.3 is 0 Å². The molecule has 0 saturated heterocycles. The third-order valence-corrected chi connectivity index (χ3v) is 2.43. The minimum atomic E-state index is 0.179. The number of hydrogen-bond acceptors (Lipinski definition) is 2. The molecular formula is C10H12BrN3S. The van der Waals surface area contributed by atoms with Crippen LogP contribution in [0.4, 0.5) is 0 Å². The molecule has 0 spiro atoms. The Morgan fingerprint density at radius 2 is 2.07 bits per heavy atom. The lowest BCUT2D eigenvalue weighted by Gasteiger charge is -2.04. The Labute approximate surface area is 103 Å². The zero-order valence-corrected chi connectivity index (χ0v) is 10.7. The summed E-state index contributed by atoms with van der Waals surface area (Å²) in [4.78, 5) is 0. The Kier molecular flexibility index (Phi) is 4.71. The van der Waals surface area contributed by atoms with E-state index in [1.807, 2.05) is 31.2 Å². The second kappa shape index (κ2) is 5.82. The Balaban J connectivity index is 2.87. The van der Waals surface area contributed by atoms with Crippen LogP contribution >= 0.6 is 28.1 Å². The molecule has 0 aliphatic heterocycles. The van der Waals surface area contributed by atoms with Gasteiger partial charge in [-0.1, -0.05) is 35.0 Å². The van der Waals surface area contributed by atoms with Crippen molar-refractivity contribution in [3.63, 3.8) is 0 Å². The average molecular weight is 286 g/mol. The highest BCUT2D eigenvalue weighted by molar-refractivity contribution is 9.10. The van der Waals surface area contributed by atoms with Gasteiger partial charge < -0.3 is 5.73 Å². The number of benzene rings is 1. The smallest absolute Gasteiger partial charge is 0.184 e. The fraction of sp³-hybridized carbons (Fsp3) is 0.200. The van der Waals surface area contributed by atoms with Crippen LogP contribution in [0.5, 0.6) is 0 Å². The Morgan fingerprint density at radius 1 is 1.47 bits per heavy atom. The maximum Gasteiger partial charge on any atom is 0.184 e. The molecule has 1 rings (SSSR count). The van der Waals surface area contributed by atoms with Crippen LogP contribution in [0.3, 0.4) is 0 Å². The van der Waals surface area contributed by atoms with Crippen molar-refractivity contribution in [2.45, 2.75) is 13.3 Å². The van der Waals surface area contributed by atoms with Gasteiger partial charge in [0.2, 0.25) is 0 Å². The van der Waals surface area contributed by atoms with Crippen LogP contribution in [0.1, 0.15) is 18.9 Å². The summed E-state index contributed by atoms with van der Waals surface area (Å²) in [5.41, 5.74) is 9.88. The highest BCUT2D eigenvalue weighted by atomic mass is 79.9. The van der Waals surface area contributed by atoms with Gasteiger partial charge in [-0.2, -0.15) is 5.10 Å². The first-order chi connectivity index (χ1) is 7.13. The fourth-order valence-corrected chi connectivity index (χ4v) is 1.42. The van der Waals surface area contributed by atoms with Crippen LogP contribution in [0.15, 0.2) is 33.8 Å². The third kappa shape index (κ3) is 3.97. The minimum Gasteiger partial charge on any atom is -0.375 e. The van der Waals surface area contributed by atoms with E-state index in [2.05, 4.69) is 38.7 Å². The van der Waals surface area contributed by atoms with E-state index in [1.54, 1.807) is 0 Å². The predicted molar refractivity (Wildman–Crippen MR) is 70.9 cm³/mol. The molecule has 0 heterocycles. The van der Waals surface area contributed by atoms with Crippen LogP contribution in [-0.2, 0) is 0 Å². The zero-order chi connectivity index (χ0) is 11.3. The summed E-state index contributed by atoms with van der Waals surface area (Å²) in [7, 11) is 0. The first kappa shape index (κ1) is 12.1. The number of hydrazone groups is 1. The first-order valence-electron chi connectivity index (χ1n) is 4.51. The van der Waals surface area contributed by atoms with Gasteiger partial charge in [0.05, 0.1) is 5.71 Å². The Morgan fingerprint density at radius 3 is 2.53 bits per heavy atom. The number of hydrogen-bond donors (Lipinski definition) is 2. The van der Waals surface area contributed by atoms with Crippen molar-refractivity contribution in [2.24, 2.45) is 10.8 Å². The minimum absolute atomic E-state index is 0.179. The van der Waals surface area contributed by atoms with Crippen molar-refractivity contribution in [2.75, 3.05) is 0 Å². The predicted octanol–water partition coefficient (Wildman–Crippen LogP) is 2.40. The summed E-state index contributed by atoms with van der Waals surface area (Å²) in [6, 6.07) is 7.93. The molecule has 0 aliphatic carbocycles. The summed E-state index contributed by atoms with van der Waals surface area (Å²) < 4.78 is 1.05. The lowest BCUT2D eigenvalue weighted by atomic mass is 10.1. The van der Waals surface area contributed by atoms with Crippen LogP contribution < -0.4 is 11.2 Å². The number of nitrogens with two attached hydrogens (primary N) is 1. The third-order valence-electron chi connectivity index (χ3n) is 1.81. The molecule has 0 atom stereocenters. The molecule has 0 amide bonds. The standard InChI is InChI=1S/C10H12BrN3S/c1-2-9(13-14-10(12)15)7-3-5-8(11)6-4-7/h3-6H,2H2,1H3,(H3,12,14,15)/b13-9-. The van der Waals surface area contributed by atoms with Gasteiger partial charge in [0.15, 0.2) is 5.11 Å². The number of nitrogens with zero attached hydrogens (tertiary/aromatic N) is 1. The maximum atomic E-state index is 5.30. The molecule has 0 aliphatic rings. The normalized spacial score (nSPS) is 11.2. The molecule has 3 N–H and O–H groups in total. The van der Waals surface area contributed by atoms with Crippen molar-refractivity contribution in [1.29, 1.82) is 0 Å². The summed E-state index contributed by atoms with van der Waals surface area (Å²) in [6.45, 7) is 2.03. The number of thiocarbonyl (C=S) groups is 1. The van der Waals surface area contributed by atoms with E-state index in [0.717, 1.165) is 22.2 Å². The Hall–Kier alpha value is -0.940. The first-order valence-corrected chi connectivity index (χ1v) is 5.71. The number of rotatable bonds is 3. The molecule has 0 saturated carbocycles. The van der Waals surface area contributed by atoms with Gasteiger partial charge in [-0.15, -0.1) is 0 Å². The van der Waals surface area contributed by atoms with Crippen molar-refractivity contribution in [3.8, 4) is 0 Å². The molecule has 0 bridgehead atoms. The van der Waals surface area contributed by atoms with Crippen molar-refractivity contribution in [1.82, 2.24) is 5.43 Å². The van der Waals surface area contributed by atoms with Crippen molar-refractivity contribution < 1.29 is 0 Å².